The summed E-state index contributed by atoms with van der Waals surface area (Å²) in [5.74, 6) is -0.473. The molecule has 10 heteroatoms. The van der Waals surface area contributed by atoms with Crippen molar-refractivity contribution in [2.24, 2.45) is 0 Å². The van der Waals surface area contributed by atoms with Gasteiger partial charge in [-0.1, -0.05) is 11.6 Å². The lowest BCUT2D eigenvalue weighted by Gasteiger charge is -2.19. The van der Waals surface area contributed by atoms with Crippen molar-refractivity contribution >= 4 is 39.1 Å². The normalized spacial score (nSPS) is 14.0. The molecule has 2 aromatic carbocycles. The molecule has 0 bridgehead atoms. The number of amides is 2. The van der Waals surface area contributed by atoms with E-state index in [0.717, 1.165) is 22.9 Å². The van der Waals surface area contributed by atoms with Crippen molar-refractivity contribution in [3.8, 4) is 5.75 Å². The zero-order chi connectivity index (χ0) is 22.9. The van der Waals surface area contributed by atoms with Gasteiger partial charge in [-0.2, -0.15) is 0 Å². The molecule has 1 heterocycles. The van der Waals surface area contributed by atoms with Gasteiger partial charge in [-0.15, -0.1) is 0 Å². The van der Waals surface area contributed by atoms with E-state index in [2.05, 4.69) is 10.9 Å². The van der Waals surface area contributed by atoms with Crippen LogP contribution >= 0.6 is 11.6 Å². The number of carbonyl (C=O) groups is 2. The Bertz CT molecular complexity index is 1130. The molecular weight excluding hydrogens is 442 g/mol. The maximum Gasteiger partial charge on any atom is 0.279 e. The van der Waals surface area contributed by atoms with Gasteiger partial charge in [0.05, 0.1) is 11.9 Å². The Kier molecular flexibility index (Phi) is 6.47. The molecule has 166 valence electrons. The Morgan fingerprint density at radius 1 is 1.13 bits per heavy atom. The summed E-state index contributed by atoms with van der Waals surface area (Å²) in [7, 11) is -3.36. The van der Waals surface area contributed by atoms with Crippen LogP contribution in [0.5, 0.6) is 5.75 Å². The zero-order valence-corrected chi connectivity index (χ0v) is 19.2. The summed E-state index contributed by atoms with van der Waals surface area (Å²) in [4.78, 5) is 24.8. The predicted octanol–water partition coefficient (Wildman–Crippen LogP) is 2.51. The van der Waals surface area contributed by atoms with Gasteiger partial charge in [0.25, 0.3) is 11.8 Å². The number of halogens is 1. The van der Waals surface area contributed by atoms with Gasteiger partial charge >= 0.3 is 0 Å². The first-order valence-electron chi connectivity index (χ1n) is 9.61. The third-order valence-electron chi connectivity index (χ3n) is 4.98. The number of aryl methyl sites for hydroxylation is 2. The van der Waals surface area contributed by atoms with Gasteiger partial charge in [-0.3, -0.25) is 24.7 Å². The van der Waals surface area contributed by atoms with Crippen LogP contribution in [0.4, 0.5) is 5.69 Å². The second-order valence-electron chi connectivity index (χ2n) is 7.50. The fourth-order valence-corrected chi connectivity index (χ4v) is 4.75. The molecule has 1 atom stereocenters. The van der Waals surface area contributed by atoms with Crippen molar-refractivity contribution in [2.75, 3.05) is 17.1 Å². The van der Waals surface area contributed by atoms with Gasteiger partial charge in [0.2, 0.25) is 10.0 Å². The smallest absolute Gasteiger partial charge is 0.279 e. The minimum absolute atomic E-state index is 0.312. The van der Waals surface area contributed by atoms with E-state index < -0.39 is 27.9 Å². The standard InChI is InChI=1S/C21H24ClN3O5S/c1-12-9-17(22)10-13(2)19(12)30-14(3)20(26)23-24-21(27)16-5-6-18-15(11-16)7-8-25(18)31(4,28)29/h5-6,9-11,14H,7-8H2,1-4H3,(H,23,26)(H,24,27). The van der Waals surface area contributed by atoms with Gasteiger partial charge in [0.1, 0.15) is 5.75 Å². The molecule has 1 aliphatic heterocycles. The van der Waals surface area contributed by atoms with Gasteiger partial charge < -0.3 is 4.74 Å². The number of ether oxygens (including phenoxy) is 1. The van der Waals surface area contributed by atoms with Crippen LogP contribution in [0.15, 0.2) is 30.3 Å². The number of benzene rings is 2. The molecule has 31 heavy (non-hydrogen) atoms. The molecule has 3 rings (SSSR count). The summed E-state index contributed by atoms with van der Waals surface area (Å²) in [6.07, 6.45) is 0.803. The Morgan fingerprint density at radius 2 is 1.77 bits per heavy atom. The fraction of sp³-hybridized carbons (Fsp3) is 0.333. The molecule has 2 amide bonds. The van der Waals surface area contributed by atoms with Crippen LogP contribution in [0.1, 0.15) is 34.0 Å². The number of hydrazine groups is 1. The van der Waals surface area contributed by atoms with E-state index in [9.17, 15) is 18.0 Å². The SMILES string of the molecule is Cc1cc(Cl)cc(C)c1OC(C)C(=O)NNC(=O)c1ccc2c(c1)CCN2S(C)(=O)=O. The van der Waals surface area contributed by atoms with Crippen LogP contribution in [0, 0.1) is 13.8 Å². The Labute approximate surface area is 186 Å². The van der Waals surface area contributed by atoms with Crippen molar-refractivity contribution in [3.63, 3.8) is 0 Å². The molecule has 1 unspecified atom stereocenters. The highest BCUT2D eigenvalue weighted by Crippen LogP contribution is 2.31. The van der Waals surface area contributed by atoms with E-state index in [1.807, 2.05) is 13.8 Å². The lowest BCUT2D eigenvalue weighted by Crippen LogP contribution is -2.47. The average Bonchev–Trinajstić information content (AvgIpc) is 3.12. The van der Waals surface area contributed by atoms with Crippen LogP contribution < -0.4 is 19.9 Å². The molecular formula is C21H24ClN3O5S. The molecule has 0 saturated heterocycles. The summed E-state index contributed by atoms with van der Waals surface area (Å²) in [5.41, 5.74) is 7.96. The maximum atomic E-state index is 12.4. The number of nitrogens with one attached hydrogen (secondary N) is 2. The number of sulfonamides is 1. The third kappa shape index (κ3) is 5.11. The molecule has 1 aliphatic rings. The highest BCUT2D eigenvalue weighted by Gasteiger charge is 2.27. The monoisotopic (exact) mass is 465 g/mol. The largest absolute Gasteiger partial charge is 0.480 e. The fourth-order valence-electron chi connectivity index (χ4n) is 3.46. The summed E-state index contributed by atoms with van der Waals surface area (Å²) in [6, 6.07) is 8.23. The molecule has 0 aromatic heterocycles. The summed E-state index contributed by atoms with van der Waals surface area (Å²) in [5, 5.41) is 0.584. The first kappa shape index (κ1) is 22.9. The van der Waals surface area contributed by atoms with Gasteiger partial charge in [-0.25, -0.2) is 8.42 Å². The number of carbonyl (C=O) groups excluding carboxylic acids is 2. The highest BCUT2D eigenvalue weighted by molar-refractivity contribution is 7.92. The Hall–Kier alpha value is -2.78. The van der Waals surface area contributed by atoms with Crippen molar-refractivity contribution < 1.29 is 22.7 Å². The number of nitrogens with zero attached hydrogens (tertiary/aromatic N) is 1. The predicted molar refractivity (Wildman–Crippen MR) is 119 cm³/mol. The van der Waals surface area contributed by atoms with Crippen molar-refractivity contribution in [1.82, 2.24) is 10.9 Å². The first-order valence-corrected chi connectivity index (χ1v) is 11.8. The van der Waals surface area contributed by atoms with Crippen LogP contribution in [-0.2, 0) is 21.2 Å². The van der Waals surface area contributed by atoms with Crippen LogP contribution in [-0.4, -0.2) is 39.1 Å². The second-order valence-corrected chi connectivity index (χ2v) is 9.84. The second kappa shape index (κ2) is 8.76. The van der Waals surface area contributed by atoms with Gasteiger partial charge in [0.15, 0.2) is 6.10 Å². The lowest BCUT2D eigenvalue weighted by molar-refractivity contribution is -0.128. The minimum Gasteiger partial charge on any atom is -0.480 e. The lowest BCUT2D eigenvalue weighted by atomic mass is 10.1. The molecule has 0 radical (unpaired) electrons. The van der Waals surface area contributed by atoms with E-state index in [-0.39, 0.29) is 0 Å². The first-order chi connectivity index (χ1) is 14.5. The van der Waals surface area contributed by atoms with E-state index >= 15 is 0 Å². The molecule has 0 aliphatic carbocycles. The number of rotatable bonds is 5. The van der Waals surface area contributed by atoms with E-state index in [4.69, 9.17) is 16.3 Å². The number of fused-ring (bicyclic) bond motifs is 1. The van der Waals surface area contributed by atoms with E-state index in [0.29, 0.717) is 35.0 Å². The van der Waals surface area contributed by atoms with E-state index in [1.165, 1.54) is 10.4 Å². The van der Waals surface area contributed by atoms with Crippen LogP contribution in [0.25, 0.3) is 0 Å². The highest BCUT2D eigenvalue weighted by atomic mass is 35.5. The summed E-state index contributed by atoms with van der Waals surface area (Å²) in [6.45, 7) is 5.58. The van der Waals surface area contributed by atoms with Crippen molar-refractivity contribution in [3.05, 3.63) is 57.6 Å². The van der Waals surface area contributed by atoms with Gasteiger partial charge in [0, 0.05) is 17.1 Å². The number of anilines is 1. The molecule has 8 nitrogen and oxygen atoms in total. The third-order valence-corrected chi connectivity index (χ3v) is 6.38. The van der Waals surface area contributed by atoms with E-state index in [1.54, 1.807) is 31.2 Å². The number of hydrogen-bond donors (Lipinski definition) is 2. The molecule has 0 saturated carbocycles. The van der Waals surface area contributed by atoms with Crippen LogP contribution in [0.3, 0.4) is 0 Å². The summed E-state index contributed by atoms with van der Waals surface area (Å²) < 4.78 is 30.7. The Balaban J connectivity index is 1.61. The van der Waals surface area contributed by atoms with Crippen LogP contribution in [0.2, 0.25) is 5.02 Å². The zero-order valence-electron chi connectivity index (χ0n) is 17.7. The minimum atomic E-state index is -3.36. The Morgan fingerprint density at radius 3 is 2.39 bits per heavy atom. The molecule has 2 N–H and O–H groups in total. The van der Waals surface area contributed by atoms with Crippen molar-refractivity contribution in [1.29, 1.82) is 0 Å². The topological polar surface area (TPSA) is 105 Å². The van der Waals surface area contributed by atoms with Crippen molar-refractivity contribution in [2.45, 2.75) is 33.3 Å². The molecule has 2 aromatic rings. The molecule has 0 spiro atoms. The number of hydrogen-bond acceptors (Lipinski definition) is 5. The average molecular weight is 466 g/mol. The van der Waals surface area contributed by atoms with Gasteiger partial charge in [-0.05, 0) is 74.2 Å². The molecule has 0 fully saturated rings. The maximum absolute atomic E-state index is 12.4. The quantitative estimate of drug-likeness (QED) is 0.660. The summed E-state index contributed by atoms with van der Waals surface area (Å²) >= 11 is 6.01.